The van der Waals surface area contributed by atoms with E-state index < -0.39 is 0 Å². The van der Waals surface area contributed by atoms with Crippen molar-refractivity contribution >= 4 is 0 Å². The van der Waals surface area contributed by atoms with Crippen molar-refractivity contribution in [3.8, 4) is 5.75 Å². The fraction of sp³-hybridized carbons (Fsp3) is 0.455. The van der Waals surface area contributed by atoms with Crippen molar-refractivity contribution in [3.63, 3.8) is 0 Å². The molecule has 2 unspecified atom stereocenters. The summed E-state index contributed by atoms with van der Waals surface area (Å²) in [5.41, 5.74) is 1.09. The number of phenolic OH excluding ortho intramolecular Hbond substituents is 1. The van der Waals surface area contributed by atoms with Crippen LogP contribution in [0.3, 0.4) is 0 Å². The minimum Gasteiger partial charge on any atom is -0.508 e. The highest BCUT2D eigenvalue weighted by molar-refractivity contribution is 5.27. The molecule has 2 N–H and O–H groups in total. The third-order valence-electron chi connectivity index (χ3n) is 2.36. The second-order valence-corrected chi connectivity index (χ2v) is 3.72. The molecular weight excluding hydrogens is 178 g/mol. The minimum absolute atomic E-state index is 0.0896. The van der Waals surface area contributed by atoms with Gasteiger partial charge >= 0.3 is 0 Å². The van der Waals surface area contributed by atoms with E-state index in [1.165, 1.54) is 0 Å². The molecule has 0 amide bonds. The predicted molar refractivity (Wildman–Crippen MR) is 54.1 cm³/mol. The summed E-state index contributed by atoms with van der Waals surface area (Å²) in [6.07, 6.45) is 1.18. The van der Waals surface area contributed by atoms with Crippen molar-refractivity contribution in [1.82, 2.24) is 5.32 Å². The molecule has 1 aliphatic heterocycles. The monoisotopic (exact) mass is 193 g/mol. The third kappa shape index (κ3) is 2.25. The Morgan fingerprint density at radius 1 is 1.57 bits per heavy atom. The minimum atomic E-state index is 0.0896. The van der Waals surface area contributed by atoms with E-state index in [-0.39, 0.29) is 12.3 Å². The zero-order chi connectivity index (χ0) is 9.97. The van der Waals surface area contributed by atoms with Gasteiger partial charge in [0.15, 0.2) is 0 Å². The molecule has 0 bridgehead atoms. The molecule has 0 radical (unpaired) electrons. The lowest BCUT2D eigenvalue weighted by molar-refractivity contribution is 0.0520. The Bertz CT molecular complexity index is 314. The zero-order valence-electron chi connectivity index (χ0n) is 8.23. The summed E-state index contributed by atoms with van der Waals surface area (Å²) in [4.78, 5) is 0. The molecule has 3 heteroatoms. The number of ether oxygens (including phenoxy) is 1. The van der Waals surface area contributed by atoms with Crippen LogP contribution in [-0.4, -0.2) is 24.0 Å². The Labute approximate surface area is 83.7 Å². The summed E-state index contributed by atoms with van der Waals surface area (Å²) in [6, 6.07) is 7.29. The molecule has 1 aromatic rings. The van der Waals surface area contributed by atoms with Crippen LogP contribution in [0, 0.1) is 0 Å². The maximum Gasteiger partial charge on any atom is 0.115 e. The second kappa shape index (κ2) is 3.98. The molecular formula is C11H15NO2. The van der Waals surface area contributed by atoms with Gasteiger partial charge in [-0.15, -0.1) is 0 Å². The summed E-state index contributed by atoms with van der Waals surface area (Å²) < 4.78 is 5.61. The smallest absolute Gasteiger partial charge is 0.115 e. The summed E-state index contributed by atoms with van der Waals surface area (Å²) >= 11 is 0. The molecule has 1 heterocycles. The number of rotatable bonds is 2. The van der Waals surface area contributed by atoms with E-state index in [0.717, 1.165) is 18.5 Å². The summed E-state index contributed by atoms with van der Waals surface area (Å²) in [5.74, 6) is 0.313. The van der Waals surface area contributed by atoms with Crippen molar-refractivity contribution in [3.05, 3.63) is 29.8 Å². The SMILES string of the molecule is CC1CNC(Cc2cccc(O)c2)O1. The Morgan fingerprint density at radius 3 is 3.07 bits per heavy atom. The fourth-order valence-corrected chi connectivity index (χ4v) is 1.69. The van der Waals surface area contributed by atoms with Crippen LogP contribution < -0.4 is 5.32 Å². The molecule has 3 nitrogen and oxygen atoms in total. The van der Waals surface area contributed by atoms with Gasteiger partial charge in [0.05, 0.1) is 6.10 Å². The predicted octanol–water partition coefficient (Wildman–Crippen LogP) is 1.27. The van der Waals surface area contributed by atoms with Gasteiger partial charge < -0.3 is 9.84 Å². The Morgan fingerprint density at radius 2 is 2.43 bits per heavy atom. The molecule has 0 spiro atoms. The summed E-state index contributed by atoms with van der Waals surface area (Å²) in [6.45, 7) is 2.96. The lowest BCUT2D eigenvalue weighted by atomic mass is 10.1. The lowest BCUT2D eigenvalue weighted by Gasteiger charge is -2.10. The number of hydrogen-bond donors (Lipinski definition) is 2. The molecule has 0 aromatic heterocycles. The van der Waals surface area contributed by atoms with Crippen LogP contribution in [0.4, 0.5) is 0 Å². The number of phenols is 1. The molecule has 1 saturated heterocycles. The van der Waals surface area contributed by atoms with Gasteiger partial charge in [-0.3, -0.25) is 5.32 Å². The molecule has 1 fully saturated rings. The van der Waals surface area contributed by atoms with Gasteiger partial charge in [0.2, 0.25) is 0 Å². The maximum atomic E-state index is 9.28. The zero-order valence-corrected chi connectivity index (χ0v) is 8.23. The van der Waals surface area contributed by atoms with Crippen LogP contribution in [0.2, 0.25) is 0 Å². The van der Waals surface area contributed by atoms with E-state index in [1.807, 2.05) is 12.1 Å². The average molecular weight is 193 g/mol. The van der Waals surface area contributed by atoms with Gasteiger partial charge in [0, 0.05) is 13.0 Å². The summed E-state index contributed by atoms with van der Waals surface area (Å²) in [5, 5.41) is 12.5. The normalized spacial score (nSPS) is 26.6. The topological polar surface area (TPSA) is 41.5 Å². The molecule has 0 saturated carbocycles. The molecule has 1 aromatic carbocycles. The van der Waals surface area contributed by atoms with Crippen LogP contribution in [0.5, 0.6) is 5.75 Å². The number of hydrogen-bond acceptors (Lipinski definition) is 3. The van der Waals surface area contributed by atoms with Gasteiger partial charge in [0.1, 0.15) is 12.0 Å². The first kappa shape index (κ1) is 9.49. The first-order valence-electron chi connectivity index (χ1n) is 4.91. The van der Waals surface area contributed by atoms with Crippen LogP contribution in [0.1, 0.15) is 12.5 Å². The maximum absolute atomic E-state index is 9.28. The highest BCUT2D eigenvalue weighted by atomic mass is 16.5. The number of benzene rings is 1. The van der Waals surface area contributed by atoms with Gasteiger partial charge in [-0.05, 0) is 24.6 Å². The van der Waals surface area contributed by atoms with E-state index in [9.17, 15) is 5.11 Å². The van der Waals surface area contributed by atoms with Gasteiger partial charge in [0.25, 0.3) is 0 Å². The van der Waals surface area contributed by atoms with Crippen molar-refractivity contribution in [2.24, 2.45) is 0 Å². The van der Waals surface area contributed by atoms with E-state index >= 15 is 0 Å². The second-order valence-electron chi connectivity index (χ2n) is 3.72. The van der Waals surface area contributed by atoms with Crippen LogP contribution in [0.15, 0.2) is 24.3 Å². The first-order chi connectivity index (χ1) is 6.74. The van der Waals surface area contributed by atoms with Gasteiger partial charge in [-0.25, -0.2) is 0 Å². The summed E-state index contributed by atoms with van der Waals surface area (Å²) in [7, 11) is 0. The molecule has 14 heavy (non-hydrogen) atoms. The van der Waals surface area contributed by atoms with Gasteiger partial charge in [-0.1, -0.05) is 12.1 Å². The largest absolute Gasteiger partial charge is 0.508 e. The average Bonchev–Trinajstić information content (AvgIpc) is 2.51. The van der Waals surface area contributed by atoms with E-state index in [4.69, 9.17) is 4.74 Å². The highest BCUT2D eigenvalue weighted by Crippen LogP contribution is 2.15. The van der Waals surface area contributed by atoms with E-state index in [0.29, 0.717) is 5.75 Å². The molecule has 76 valence electrons. The Kier molecular flexibility index (Phi) is 2.70. The van der Waals surface area contributed by atoms with Crippen molar-refractivity contribution in [2.45, 2.75) is 25.7 Å². The lowest BCUT2D eigenvalue weighted by Crippen LogP contribution is -2.24. The Balaban J connectivity index is 1.97. The molecule has 2 rings (SSSR count). The van der Waals surface area contributed by atoms with Crippen molar-refractivity contribution < 1.29 is 9.84 Å². The fourth-order valence-electron chi connectivity index (χ4n) is 1.69. The standard InChI is InChI=1S/C11H15NO2/c1-8-7-12-11(14-8)6-9-3-2-4-10(13)5-9/h2-5,8,11-13H,6-7H2,1H3. The number of nitrogens with one attached hydrogen (secondary N) is 1. The van der Waals surface area contributed by atoms with Crippen molar-refractivity contribution in [2.75, 3.05) is 6.54 Å². The van der Waals surface area contributed by atoms with Crippen LogP contribution in [0.25, 0.3) is 0 Å². The third-order valence-corrected chi connectivity index (χ3v) is 2.36. The molecule has 1 aliphatic rings. The van der Waals surface area contributed by atoms with E-state index in [2.05, 4.69) is 12.2 Å². The van der Waals surface area contributed by atoms with Crippen molar-refractivity contribution in [1.29, 1.82) is 0 Å². The van der Waals surface area contributed by atoms with E-state index in [1.54, 1.807) is 12.1 Å². The van der Waals surface area contributed by atoms with Crippen LogP contribution >= 0.6 is 0 Å². The molecule has 0 aliphatic carbocycles. The first-order valence-corrected chi connectivity index (χ1v) is 4.91. The Hall–Kier alpha value is -1.06. The van der Waals surface area contributed by atoms with Crippen LogP contribution in [-0.2, 0) is 11.2 Å². The molecule has 2 atom stereocenters. The van der Waals surface area contributed by atoms with Gasteiger partial charge in [-0.2, -0.15) is 0 Å². The highest BCUT2D eigenvalue weighted by Gasteiger charge is 2.20. The number of aromatic hydroxyl groups is 1. The quantitative estimate of drug-likeness (QED) is 0.743.